The Balaban J connectivity index is 0.00000312. The summed E-state index contributed by atoms with van der Waals surface area (Å²) < 4.78 is 28.7. The first-order chi connectivity index (χ1) is 11.7. The van der Waals surface area contributed by atoms with Crippen molar-refractivity contribution < 1.29 is 8.78 Å². The number of nitrogens with one attached hydrogen (secondary N) is 2. The Morgan fingerprint density at radius 1 is 1.24 bits per heavy atom. The zero-order valence-corrected chi connectivity index (χ0v) is 16.6. The molecule has 25 heavy (non-hydrogen) atoms. The molecule has 0 unspecified atom stereocenters. The Kier molecular flexibility index (Phi) is 9.32. The minimum atomic E-state index is -0.823. The first-order valence-corrected chi connectivity index (χ1v) is 7.89. The lowest BCUT2D eigenvalue weighted by molar-refractivity contribution is 0.498. The highest BCUT2D eigenvalue weighted by atomic mass is 127. The summed E-state index contributed by atoms with van der Waals surface area (Å²) in [5, 5.41) is 14.2. The third-order valence-electron chi connectivity index (χ3n) is 3.60. The van der Waals surface area contributed by atoms with E-state index in [1.165, 1.54) is 6.07 Å². The molecular formula is C16H23F2IN6. The van der Waals surface area contributed by atoms with Crippen molar-refractivity contribution in [2.24, 2.45) is 4.99 Å². The van der Waals surface area contributed by atoms with Crippen molar-refractivity contribution in [3.8, 4) is 0 Å². The highest BCUT2D eigenvalue weighted by molar-refractivity contribution is 14.0. The summed E-state index contributed by atoms with van der Waals surface area (Å²) in [7, 11) is 1.66. The van der Waals surface area contributed by atoms with Gasteiger partial charge in [-0.2, -0.15) is 0 Å². The highest BCUT2D eigenvalue weighted by Crippen LogP contribution is 2.11. The van der Waals surface area contributed by atoms with Crippen LogP contribution in [0.1, 0.15) is 18.3 Å². The molecule has 1 aromatic carbocycles. The molecule has 0 amide bonds. The predicted molar refractivity (Wildman–Crippen MR) is 104 cm³/mol. The summed E-state index contributed by atoms with van der Waals surface area (Å²) in [6.07, 6.45) is 2.89. The molecule has 2 N–H and O–H groups in total. The molecule has 1 aromatic heterocycles. The number of hydrogen-bond donors (Lipinski definition) is 2. The van der Waals surface area contributed by atoms with Crippen LogP contribution in [0, 0.1) is 11.6 Å². The van der Waals surface area contributed by atoms with Crippen LogP contribution in [-0.2, 0) is 19.4 Å². The van der Waals surface area contributed by atoms with E-state index in [1.807, 2.05) is 11.5 Å². The second-order valence-corrected chi connectivity index (χ2v) is 5.18. The van der Waals surface area contributed by atoms with Gasteiger partial charge in [-0.05, 0) is 18.1 Å². The lowest BCUT2D eigenvalue weighted by Crippen LogP contribution is -2.39. The fraction of sp³-hybridized carbons (Fsp3) is 0.438. The van der Waals surface area contributed by atoms with Crippen LogP contribution in [0.4, 0.5) is 8.78 Å². The maximum atomic E-state index is 13.6. The first kappa shape index (κ1) is 21.3. The highest BCUT2D eigenvalue weighted by Gasteiger charge is 2.07. The summed E-state index contributed by atoms with van der Waals surface area (Å²) in [6, 6.07) is 4.20. The van der Waals surface area contributed by atoms with Crippen molar-refractivity contribution >= 4 is 29.9 Å². The largest absolute Gasteiger partial charge is 0.356 e. The van der Waals surface area contributed by atoms with E-state index in [0.717, 1.165) is 24.9 Å². The van der Waals surface area contributed by atoms with E-state index < -0.39 is 11.6 Å². The average molecular weight is 464 g/mol. The standard InChI is InChI=1S/C16H22F2N6.HI/c1-3-14-23-22-11-24(14)10-9-21-16(19-2)20-8-7-12-5-4-6-13(17)15(12)18;/h4-6,11H,3,7-10H2,1-2H3,(H2,19,20,21);1H. The van der Waals surface area contributed by atoms with Crippen molar-refractivity contribution in [3.05, 3.63) is 47.5 Å². The Morgan fingerprint density at radius 3 is 2.72 bits per heavy atom. The van der Waals surface area contributed by atoms with Gasteiger partial charge in [0.2, 0.25) is 0 Å². The van der Waals surface area contributed by atoms with Crippen molar-refractivity contribution in [1.29, 1.82) is 0 Å². The summed E-state index contributed by atoms with van der Waals surface area (Å²) >= 11 is 0. The zero-order valence-electron chi connectivity index (χ0n) is 14.3. The molecular weight excluding hydrogens is 441 g/mol. The average Bonchev–Trinajstić information content (AvgIpc) is 3.04. The quantitative estimate of drug-likeness (QED) is 0.375. The van der Waals surface area contributed by atoms with Gasteiger partial charge in [-0.3, -0.25) is 4.99 Å². The number of halogens is 3. The van der Waals surface area contributed by atoms with E-state index >= 15 is 0 Å². The van der Waals surface area contributed by atoms with Crippen LogP contribution in [0.25, 0.3) is 0 Å². The first-order valence-electron chi connectivity index (χ1n) is 7.89. The smallest absolute Gasteiger partial charge is 0.191 e. The Labute approximate surface area is 163 Å². The van der Waals surface area contributed by atoms with E-state index in [1.54, 1.807) is 19.4 Å². The van der Waals surface area contributed by atoms with E-state index in [9.17, 15) is 8.78 Å². The summed E-state index contributed by atoms with van der Waals surface area (Å²) in [4.78, 5) is 4.11. The number of aliphatic imine (C=N–C) groups is 1. The Bertz CT molecular complexity index is 689. The Morgan fingerprint density at radius 2 is 2.00 bits per heavy atom. The van der Waals surface area contributed by atoms with Gasteiger partial charge in [0, 0.05) is 33.1 Å². The van der Waals surface area contributed by atoms with Crippen molar-refractivity contribution in [2.45, 2.75) is 26.3 Å². The van der Waals surface area contributed by atoms with Crippen LogP contribution in [0.5, 0.6) is 0 Å². The van der Waals surface area contributed by atoms with Crippen molar-refractivity contribution in [2.75, 3.05) is 20.1 Å². The predicted octanol–water partition coefficient (Wildman–Crippen LogP) is 2.14. The van der Waals surface area contributed by atoms with Crippen LogP contribution in [-0.4, -0.2) is 40.9 Å². The van der Waals surface area contributed by atoms with Crippen LogP contribution < -0.4 is 10.6 Å². The number of guanidine groups is 1. The number of aryl methyl sites for hydroxylation is 1. The molecule has 0 radical (unpaired) electrons. The molecule has 2 aromatic rings. The molecule has 0 saturated heterocycles. The van der Waals surface area contributed by atoms with Gasteiger partial charge in [0.1, 0.15) is 12.2 Å². The molecule has 0 aliphatic carbocycles. The normalized spacial score (nSPS) is 11.1. The second kappa shape index (κ2) is 11.0. The topological polar surface area (TPSA) is 67.1 Å². The van der Waals surface area contributed by atoms with Gasteiger partial charge in [0.25, 0.3) is 0 Å². The fourth-order valence-electron chi connectivity index (χ4n) is 2.31. The molecule has 0 aliphatic heterocycles. The number of hydrogen-bond acceptors (Lipinski definition) is 3. The second-order valence-electron chi connectivity index (χ2n) is 5.18. The van der Waals surface area contributed by atoms with Gasteiger partial charge in [0.05, 0.1) is 0 Å². The van der Waals surface area contributed by atoms with Crippen LogP contribution >= 0.6 is 24.0 Å². The lowest BCUT2D eigenvalue weighted by atomic mass is 10.1. The SMILES string of the molecule is CCc1nncn1CCNC(=NC)NCCc1cccc(F)c1F.I. The van der Waals surface area contributed by atoms with Gasteiger partial charge in [-0.25, -0.2) is 8.78 Å². The molecule has 9 heteroatoms. The van der Waals surface area contributed by atoms with Gasteiger partial charge in [-0.15, -0.1) is 34.2 Å². The molecule has 138 valence electrons. The van der Waals surface area contributed by atoms with Gasteiger partial charge in [-0.1, -0.05) is 19.1 Å². The minimum Gasteiger partial charge on any atom is -0.356 e. The van der Waals surface area contributed by atoms with Gasteiger partial charge < -0.3 is 15.2 Å². The minimum absolute atomic E-state index is 0. The summed E-state index contributed by atoms with van der Waals surface area (Å²) in [5.41, 5.74) is 0.343. The number of benzene rings is 1. The van der Waals surface area contributed by atoms with Crippen LogP contribution in [0.3, 0.4) is 0 Å². The van der Waals surface area contributed by atoms with Crippen LogP contribution in [0.15, 0.2) is 29.5 Å². The molecule has 0 bridgehead atoms. The lowest BCUT2D eigenvalue weighted by Gasteiger charge is -2.13. The van der Waals surface area contributed by atoms with E-state index in [2.05, 4.69) is 25.8 Å². The van der Waals surface area contributed by atoms with Crippen LogP contribution in [0.2, 0.25) is 0 Å². The molecule has 0 aliphatic rings. The number of nitrogens with zero attached hydrogens (tertiary/aromatic N) is 4. The fourth-order valence-corrected chi connectivity index (χ4v) is 2.31. The molecule has 0 atom stereocenters. The summed E-state index contributed by atoms with van der Waals surface area (Å²) in [5.74, 6) is -0.0723. The Hall–Kier alpha value is -1.78. The molecule has 1 heterocycles. The molecule has 0 saturated carbocycles. The van der Waals surface area contributed by atoms with Gasteiger partial charge in [0.15, 0.2) is 17.6 Å². The molecule has 0 fully saturated rings. The maximum Gasteiger partial charge on any atom is 0.191 e. The third-order valence-corrected chi connectivity index (χ3v) is 3.60. The van der Waals surface area contributed by atoms with Crippen molar-refractivity contribution in [1.82, 2.24) is 25.4 Å². The zero-order chi connectivity index (χ0) is 17.4. The molecule has 6 nitrogen and oxygen atoms in total. The summed E-state index contributed by atoms with van der Waals surface area (Å²) in [6.45, 7) is 3.85. The van der Waals surface area contributed by atoms with E-state index in [0.29, 0.717) is 31.0 Å². The molecule has 0 spiro atoms. The van der Waals surface area contributed by atoms with Gasteiger partial charge >= 0.3 is 0 Å². The van der Waals surface area contributed by atoms with E-state index in [4.69, 9.17) is 0 Å². The number of rotatable bonds is 7. The molecule has 2 rings (SSSR count). The van der Waals surface area contributed by atoms with Crippen molar-refractivity contribution in [3.63, 3.8) is 0 Å². The maximum absolute atomic E-state index is 13.6. The monoisotopic (exact) mass is 464 g/mol. The number of aromatic nitrogens is 3. The third kappa shape index (κ3) is 6.22. The van der Waals surface area contributed by atoms with E-state index in [-0.39, 0.29) is 24.0 Å².